The minimum atomic E-state index is -5.16. The van der Waals surface area contributed by atoms with Gasteiger partial charge in [-0.1, -0.05) is 0 Å². The van der Waals surface area contributed by atoms with E-state index in [-0.39, 0.29) is 29.1 Å². The van der Waals surface area contributed by atoms with Gasteiger partial charge in [-0.05, 0) is 108 Å². The number of sulfonamides is 2. The Morgan fingerprint density at radius 2 is 1.44 bits per heavy atom. The number of nitrogens with zero attached hydrogens (tertiary/aromatic N) is 6. The van der Waals surface area contributed by atoms with Gasteiger partial charge in [0.25, 0.3) is 17.5 Å². The Balaban J connectivity index is 1.47. The van der Waals surface area contributed by atoms with Crippen LogP contribution in [0.5, 0.6) is 0 Å². The monoisotopic (exact) mass is 832 g/mol. The number of hydrogen-bond donors (Lipinski definition) is 2. The van der Waals surface area contributed by atoms with Crippen LogP contribution in [0.2, 0.25) is 0 Å². The Hall–Kier alpha value is -4.34. The number of nitrogens with two attached hydrogens (primary N) is 1. The third-order valence-corrected chi connectivity index (χ3v) is 12.7. The van der Waals surface area contributed by atoms with Gasteiger partial charge in [0.1, 0.15) is 22.0 Å². The molecule has 2 heterocycles. The zero-order valence-electron chi connectivity index (χ0n) is 29.4. The molecule has 2 aromatic rings. The van der Waals surface area contributed by atoms with Crippen LogP contribution in [-0.4, -0.2) is 88.9 Å². The van der Waals surface area contributed by atoms with Gasteiger partial charge in [-0.25, -0.2) is 22.0 Å². The van der Waals surface area contributed by atoms with E-state index in [4.69, 9.17) is 29.6 Å². The number of nitriles is 1. The molecule has 16 nitrogen and oxygen atoms in total. The number of anilines is 2. The van der Waals surface area contributed by atoms with Gasteiger partial charge in [-0.2, -0.15) is 23.2 Å². The summed E-state index contributed by atoms with van der Waals surface area (Å²) >= 11 is 11.0. The van der Waals surface area contributed by atoms with Crippen molar-refractivity contribution in [1.29, 1.82) is 5.26 Å². The Morgan fingerprint density at radius 1 is 0.944 bits per heavy atom. The molecule has 0 aromatic heterocycles. The summed E-state index contributed by atoms with van der Waals surface area (Å²) in [6, 6.07) is 8.69. The maximum atomic E-state index is 13.7. The molecular weight excluding hydrogens is 798 g/mol. The number of benzene rings is 2. The van der Waals surface area contributed by atoms with Crippen LogP contribution < -0.4 is 19.7 Å². The number of carbonyl (C=O) groups excluding carboxylic acids is 2. The Bertz CT molecular complexity index is 2210. The second-order valence-corrected chi connectivity index (χ2v) is 17.8. The largest absolute Gasteiger partial charge is 0.423 e. The number of nitro groups is 1. The highest BCUT2D eigenvalue weighted by Crippen LogP contribution is 2.41. The number of rotatable bonds is 13. The number of aryl methyl sites for hydroxylation is 1. The molecule has 0 aliphatic carbocycles. The highest BCUT2D eigenvalue weighted by atomic mass is 32.2. The highest BCUT2D eigenvalue weighted by Gasteiger charge is 2.51. The number of hydrogen-bond acceptors (Lipinski definition) is 11. The van der Waals surface area contributed by atoms with Crippen LogP contribution >= 0.6 is 24.4 Å². The van der Waals surface area contributed by atoms with E-state index in [0.29, 0.717) is 28.9 Å². The number of primary sulfonamides is 1. The van der Waals surface area contributed by atoms with Crippen molar-refractivity contribution in [3.8, 4) is 6.07 Å². The van der Waals surface area contributed by atoms with E-state index in [9.17, 15) is 55.0 Å². The quantitative estimate of drug-likeness (QED) is 0.168. The SMILES string of the molecule is Cc1cc(N2C(=O)C(C)(C)N(CCCS(=O)(=O)NC(CCN3C(=S)N(c4ccc([N+](=O)[O-])c(C(F)(F)F)c4)C(=O)C3(C)C)S(N)(=O)=O)C2=S)ccc1C#N. The third-order valence-electron chi connectivity index (χ3n) is 9.09. The number of halogens is 3. The molecule has 0 bridgehead atoms. The predicted molar refractivity (Wildman–Crippen MR) is 199 cm³/mol. The second kappa shape index (κ2) is 14.7. The fourth-order valence-corrected chi connectivity index (χ4v) is 9.62. The summed E-state index contributed by atoms with van der Waals surface area (Å²) in [5, 5.41) is 23.7. The van der Waals surface area contributed by atoms with Crippen molar-refractivity contribution in [2.75, 3.05) is 28.6 Å². The molecule has 0 saturated carbocycles. The van der Waals surface area contributed by atoms with E-state index in [1.54, 1.807) is 39.0 Å². The molecule has 1 atom stereocenters. The molecule has 54 heavy (non-hydrogen) atoms. The molecule has 3 N–H and O–H groups in total. The fraction of sp³-hybridized carbons (Fsp3) is 0.452. The molecule has 0 spiro atoms. The maximum absolute atomic E-state index is 13.7. The molecule has 2 amide bonds. The van der Waals surface area contributed by atoms with Crippen LogP contribution in [-0.2, 0) is 35.8 Å². The number of amides is 2. The summed E-state index contributed by atoms with van der Waals surface area (Å²) in [6.07, 6.45) is -5.84. The summed E-state index contributed by atoms with van der Waals surface area (Å²) in [5.41, 5.74) is -4.62. The van der Waals surface area contributed by atoms with Crippen molar-refractivity contribution < 1.29 is 44.5 Å². The van der Waals surface area contributed by atoms with E-state index in [1.165, 1.54) is 28.5 Å². The van der Waals surface area contributed by atoms with E-state index in [1.807, 2.05) is 6.07 Å². The van der Waals surface area contributed by atoms with Gasteiger partial charge in [-0.15, -0.1) is 0 Å². The topological polar surface area (TPSA) is 220 Å². The molecule has 0 radical (unpaired) electrons. The first kappa shape index (κ1) is 42.4. The zero-order chi connectivity index (χ0) is 40.9. The number of carbonyl (C=O) groups is 2. The lowest BCUT2D eigenvalue weighted by molar-refractivity contribution is -0.388. The highest BCUT2D eigenvalue weighted by molar-refractivity contribution is 7.93. The number of nitro benzene ring substituents is 1. The van der Waals surface area contributed by atoms with E-state index < -0.39 is 89.2 Å². The zero-order valence-corrected chi connectivity index (χ0v) is 32.6. The molecule has 292 valence electrons. The Kier molecular flexibility index (Phi) is 11.6. The van der Waals surface area contributed by atoms with E-state index in [2.05, 4.69) is 4.72 Å². The summed E-state index contributed by atoms with van der Waals surface area (Å²) in [6.45, 7) is 7.17. The predicted octanol–water partition coefficient (Wildman–Crippen LogP) is 3.23. The van der Waals surface area contributed by atoms with Crippen molar-refractivity contribution in [3.05, 3.63) is 63.2 Å². The van der Waals surface area contributed by atoms with Crippen molar-refractivity contribution in [3.63, 3.8) is 0 Å². The van der Waals surface area contributed by atoms with Crippen molar-refractivity contribution in [1.82, 2.24) is 14.5 Å². The van der Waals surface area contributed by atoms with Crippen LogP contribution in [0.25, 0.3) is 0 Å². The maximum Gasteiger partial charge on any atom is 0.423 e. The van der Waals surface area contributed by atoms with Gasteiger partial charge in [0, 0.05) is 19.2 Å². The van der Waals surface area contributed by atoms with Crippen LogP contribution in [0.1, 0.15) is 57.2 Å². The molecule has 2 aliphatic heterocycles. The van der Waals surface area contributed by atoms with Crippen molar-refractivity contribution in [2.45, 2.75) is 70.1 Å². The number of nitrogens with one attached hydrogen (secondary N) is 1. The fourth-order valence-electron chi connectivity index (χ4n) is 6.05. The molecule has 2 fully saturated rings. The number of alkyl halides is 3. The lowest BCUT2D eigenvalue weighted by atomic mass is 10.0. The van der Waals surface area contributed by atoms with Crippen LogP contribution in [0, 0.1) is 28.4 Å². The van der Waals surface area contributed by atoms with Crippen molar-refractivity contribution >= 4 is 83.6 Å². The molecule has 23 heteroatoms. The average molecular weight is 833 g/mol. The minimum Gasteiger partial charge on any atom is -0.334 e. The summed E-state index contributed by atoms with van der Waals surface area (Å²) in [7, 11) is -9.01. The first-order chi connectivity index (χ1) is 24.7. The van der Waals surface area contributed by atoms with Gasteiger partial charge >= 0.3 is 6.18 Å². The lowest BCUT2D eigenvalue weighted by Gasteiger charge is -2.31. The molecule has 2 aromatic carbocycles. The normalized spacial score (nSPS) is 18.1. The van der Waals surface area contributed by atoms with Crippen LogP contribution in [0.15, 0.2) is 36.4 Å². The van der Waals surface area contributed by atoms with Gasteiger partial charge in [-0.3, -0.25) is 29.5 Å². The Morgan fingerprint density at radius 3 is 1.91 bits per heavy atom. The van der Waals surface area contributed by atoms with Gasteiger partial charge < -0.3 is 9.80 Å². The lowest BCUT2D eigenvalue weighted by Crippen LogP contribution is -2.50. The summed E-state index contributed by atoms with van der Waals surface area (Å²) in [4.78, 5) is 41.6. The van der Waals surface area contributed by atoms with Gasteiger partial charge in [0.2, 0.25) is 20.0 Å². The van der Waals surface area contributed by atoms with E-state index in [0.717, 1.165) is 11.0 Å². The standard InChI is InChI=1S/C31H35F3N8O8S4/c1-18-15-20(8-7-19(18)17-35)40-25(43)29(2,3)38(27(40)51)12-6-14-53(47,48)37-24(54(36,49)50)11-13-39-28(52)41(26(44)30(39,4)5)21-9-10-23(42(45)46)22(16-21)31(32,33)34/h7-10,15-16,24,37H,6,11-14H2,1-5H3,(H2,36,49,50). The van der Waals surface area contributed by atoms with Crippen LogP contribution in [0.3, 0.4) is 0 Å². The molecule has 2 aliphatic rings. The van der Waals surface area contributed by atoms with Crippen LogP contribution in [0.4, 0.5) is 30.2 Å². The summed E-state index contributed by atoms with van der Waals surface area (Å²) < 4.78 is 94.7. The first-order valence-electron chi connectivity index (χ1n) is 15.9. The smallest absolute Gasteiger partial charge is 0.334 e. The second-order valence-electron chi connectivity index (χ2n) is 13.5. The molecule has 4 rings (SSSR count). The summed E-state index contributed by atoms with van der Waals surface area (Å²) in [5.74, 6) is -1.85. The molecular formula is C31H35F3N8O8S4. The molecule has 2 saturated heterocycles. The van der Waals surface area contributed by atoms with Crippen molar-refractivity contribution in [2.24, 2.45) is 5.14 Å². The first-order valence-corrected chi connectivity index (χ1v) is 19.9. The minimum absolute atomic E-state index is 0.0306. The Labute approximate surface area is 319 Å². The number of thiocarbonyl (C=S) groups is 2. The van der Waals surface area contributed by atoms with E-state index >= 15 is 0 Å². The van der Waals surface area contributed by atoms with Gasteiger partial charge in [0.05, 0.1) is 33.7 Å². The van der Waals surface area contributed by atoms with Gasteiger partial charge in [0.15, 0.2) is 10.2 Å². The third kappa shape index (κ3) is 8.18. The average Bonchev–Trinajstić information content (AvgIpc) is 3.32. The molecule has 1 unspecified atom stereocenters.